The van der Waals surface area contributed by atoms with Crippen LogP contribution in [0.3, 0.4) is 0 Å². The minimum Gasteiger partial charge on any atom is -0.393 e. The van der Waals surface area contributed by atoms with E-state index in [0.29, 0.717) is 18.5 Å². The number of amides is 2. The van der Waals surface area contributed by atoms with E-state index in [9.17, 15) is 14.7 Å². The fourth-order valence-corrected chi connectivity index (χ4v) is 3.45. The number of rotatable bonds is 5. The zero-order chi connectivity index (χ0) is 19.4. The van der Waals surface area contributed by atoms with Crippen LogP contribution in [0.4, 0.5) is 0 Å². The van der Waals surface area contributed by atoms with Gasteiger partial charge in [0.25, 0.3) is 11.8 Å². The molecule has 3 rings (SSSR count). The lowest BCUT2D eigenvalue weighted by molar-refractivity contribution is 0.0856. The van der Waals surface area contributed by atoms with Gasteiger partial charge in [0.05, 0.1) is 12.1 Å². The fourth-order valence-electron chi connectivity index (χ4n) is 3.45. The minimum absolute atomic E-state index is 0.0275. The van der Waals surface area contributed by atoms with Crippen LogP contribution >= 0.6 is 0 Å². The first-order valence-electron chi connectivity index (χ1n) is 9.35. The van der Waals surface area contributed by atoms with Crippen LogP contribution in [0.25, 0.3) is 0 Å². The van der Waals surface area contributed by atoms with E-state index in [4.69, 9.17) is 0 Å². The van der Waals surface area contributed by atoms with Crippen LogP contribution in [0.1, 0.15) is 65.2 Å². The quantitative estimate of drug-likeness (QED) is 0.749. The van der Waals surface area contributed by atoms with Gasteiger partial charge in [-0.3, -0.25) is 14.3 Å². The predicted octanol–water partition coefficient (Wildman–Crippen LogP) is 1.89. The third-order valence-corrected chi connectivity index (χ3v) is 5.11. The first kappa shape index (κ1) is 19.1. The summed E-state index contributed by atoms with van der Waals surface area (Å²) in [5.41, 5.74) is 1.57. The van der Waals surface area contributed by atoms with Crippen molar-refractivity contribution in [2.24, 2.45) is 0 Å². The van der Waals surface area contributed by atoms with Gasteiger partial charge in [-0.25, -0.2) is 0 Å². The van der Waals surface area contributed by atoms with Gasteiger partial charge in [-0.15, -0.1) is 0 Å². The lowest BCUT2D eigenvalue weighted by atomic mass is 9.93. The summed E-state index contributed by atoms with van der Waals surface area (Å²) < 4.78 is 1.60. The molecule has 2 aromatic rings. The van der Waals surface area contributed by atoms with Crippen LogP contribution in [0.15, 0.2) is 36.4 Å². The number of carbonyl (C=O) groups is 2. The highest BCUT2D eigenvalue weighted by Crippen LogP contribution is 2.22. The highest BCUT2D eigenvalue weighted by Gasteiger charge is 2.26. The van der Waals surface area contributed by atoms with E-state index in [2.05, 4.69) is 15.7 Å². The van der Waals surface area contributed by atoms with Gasteiger partial charge in [-0.2, -0.15) is 5.10 Å². The summed E-state index contributed by atoms with van der Waals surface area (Å²) in [4.78, 5) is 24.9. The molecule has 1 fully saturated rings. The maximum atomic E-state index is 12.9. The second-order valence-corrected chi connectivity index (χ2v) is 7.00. The molecule has 0 saturated heterocycles. The molecule has 1 aliphatic rings. The second-order valence-electron chi connectivity index (χ2n) is 7.00. The van der Waals surface area contributed by atoms with Gasteiger partial charge in [-0.05, 0) is 38.2 Å². The molecule has 1 aromatic heterocycles. The maximum Gasteiger partial charge on any atom is 0.271 e. The lowest BCUT2D eigenvalue weighted by Gasteiger charge is -2.26. The Balaban J connectivity index is 1.87. The van der Waals surface area contributed by atoms with Crippen molar-refractivity contribution >= 4 is 11.8 Å². The second kappa shape index (κ2) is 8.35. The van der Waals surface area contributed by atoms with E-state index in [1.54, 1.807) is 4.68 Å². The van der Waals surface area contributed by atoms with Gasteiger partial charge < -0.3 is 15.7 Å². The smallest absolute Gasteiger partial charge is 0.271 e. The van der Waals surface area contributed by atoms with Crippen molar-refractivity contribution in [2.45, 2.75) is 50.8 Å². The van der Waals surface area contributed by atoms with Crippen LogP contribution < -0.4 is 10.6 Å². The fraction of sp³-hybridized carbons (Fsp3) is 0.450. The van der Waals surface area contributed by atoms with Gasteiger partial charge in [0.2, 0.25) is 0 Å². The van der Waals surface area contributed by atoms with Crippen LogP contribution in [0.2, 0.25) is 0 Å². The Morgan fingerprint density at radius 1 is 1.15 bits per heavy atom. The summed E-state index contributed by atoms with van der Waals surface area (Å²) in [6.07, 6.45) is 2.60. The van der Waals surface area contributed by atoms with Crippen molar-refractivity contribution in [3.05, 3.63) is 53.3 Å². The molecule has 0 spiro atoms. The Labute approximate surface area is 158 Å². The van der Waals surface area contributed by atoms with Crippen LogP contribution in [0.5, 0.6) is 0 Å². The molecule has 1 heterocycles. The van der Waals surface area contributed by atoms with Gasteiger partial charge in [0.15, 0.2) is 5.69 Å². The molecule has 0 bridgehead atoms. The zero-order valence-corrected chi connectivity index (χ0v) is 15.7. The monoisotopic (exact) mass is 370 g/mol. The van der Waals surface area contributed by atoms with Crippen molar-refractivity contribution in [1.29, 1.82) is 0 Å². The number of carbonyl (C=O) groups excluding carboxylic acids is 2. The number of hydrogen-bond donors (Lipinski definition) is 3. The molecule has 1 saturated carbocycles. The average Bonchev–Trinajstić information content (AvgIpc) is 3.15. The first-order valence-corrected chi connectivity index (χ1v) is 9.35. The van der Waals surface area contributed by atoms with Crippen molar-refractivity contribution in [1.82, 2.24) is 20.4 Å². The predicted molar refractivity (Wildman–Crippen MR) is 102 cm³/mol. The largest absolute Gasteiger partial charge is 0.393 e. The van der Waals surface area contributed by atoms with Gasteiger partial charge >= 0.3 is 0 Å². The van der Waals surface area contributed by atoms with Crippen molar-refractivity contribution in [2.75, 3.05) is 7.05 Å². The molecule has 7 heteroatoms. The van der Waals surface area contributed by atoms with E-state index < -0.39 is 0 Å². The zero-order valence-electron chi connectivity index (χ0n) is 15.7. The summed E-state index contributed by atoms with van der Waals surface area (Å²) in [5, 5.41) is 19.6. The van der Waals surface area contributed by atoms with Gasteiger partial charge in [0, 0.05) is 19.2 Å². The Kier molecular flexibility index (Phi) is 5.91. The minimum atomic E-state index is -0.330. The molecule has 3 N–H and O–H groups in total. The lowest BCUT2D eigenvalue weighted by Crippen LogP contribution is -2.39. The molecule has 2 amide bonds. The van der Waals surface area contributed by atoms with Gasteiger partial charge in [-0.1, -0.05) is 30.3 Å². The number of benzene rings is 1. The molecule has 27 heavy (non-hydrogen) atoms. The Morgan fingerprint density at radius 2 is 1.81 bits per heavy atom. The standard InChI is InChI=1S/C20H26N4O3/c1-13(14-6-4-3-5-7-14)24-18(12-17(23-24)19(26)21-2)20(27)22-15-8-10-16(25)11-9-15/h3-7,12-13,15-16,25H,8-11H2,1-2H3,(H,21,26)(H,22,27)/t13-,15-,16-/m0/s1. The van der Waals surface area contributed by atoms with Crippen molar-refractivity contribution in [3.8, 4) is 0 Å². The summed E-state index contributed by atoms with van der Waals surface area (Å²) in [7, 11) is 1.54. The molecular weight excluding hydrogens is 344 g/mol. The van der Waals surface area contributed by atoms with Crippen LogP contribution in [0, 0.1) is 0 Å². The highest BCUT2D eigenvalue weighted by molar-refractivity contribution is 5.98. The average molecular weight is 370 g/mol. The SMILES string of the molecule is CNC(=O)c1cc(C(=O)N[C@H]2CC[C@H](O)CC2)n([C@@H](C)c2ccccc2)n1. The molecule has 1 atom stereocenters. The van der Waals surface area contributed by atoms with E-state index in [1.165, 1.54) is 13.1 Å². The first-order chi connectivity index (χ1) is 13.0. The number of aliphatic hydroxyl groups is 1. The summed E-state index contributed by atoms with van der Waals surface area (Å²) in [6, 6.07) is 11.1. The molecule has 1 aliphatic carbocycles. The third kappa shape index (κ3) is 4.36. The molecular formula is C20H26N4O3. The van der Waals surface area contributed by atoms with Crippen LogP contribution in [-0.2, 0) is 0 Å². The molecule has 1 aromatic carbocycles. The number of nitrogens with zero attached hydrogens (tertiary/aromatic N) is 2. The van der Waals surface area contributed by atoms with Crippen molar-refractivity contribution in [3.63, 3.8) is 0 Å². The highest BCUT2D eigenvalue weighted by atomic mass is 16.3. The summed E-state index contributed by atoms with van der Waals surface area (Å²) >= 11 is 0. The maximum absolute atomic E-state index is 12.9. The number of nitrogens with one attached hydrogen (secondary N) is 2. The number of hydrogen-bond acceptors (Lipinski definition) is 4. The molecule has 0 unspecified atom stereocenters. The third-order valence-electron chi connectivity index (χ3n) is 5.11. The van der Waals surface area contributed by atoms with E-state index in [-0.39, 0.29) is 35.7 Å². The van der Waals surface area contributed by atoms with Crippen LogP contribution in [-0.4, -0.2) is 45.9 Å². The van der Waals surface area contributed by atoms with E-state index in [1.807, 2.05) is 37.3 Å². The van der Waals surface area contributed by atoms with E-state index in [0.717, 1.165) is 18.4 Å². The molecule has 0 aliphatic heterocycles. The number of aromatic nitrogens is 2. The Morgan fingerprint density at radius 3 is 2.44 bits per heavy atom. The number of aliphatic hydroxyl groups excluding tert-OH is 1. The van der Waals surface area contributed by atoms with Crippen molar-refractivity contribution < 1.29 is 14.7 Å². The molecule has 0 radical (unpaired) electrons. The summed E-state index contributed by atoms with van der Waals surface area (Å²) in [6.45, 7) is 1.95. The molecule has 144 valence electrons. The van der Waals surface area contributed by atoms with Gasteiger partial charge in [0.1, 0.15) is 5.69 Å². The topological polar surface area (TPSA) is 96.3 Å². The summed E-state index contributed by atoms with van der Waals surface area (Å²) in [5.74, 6) is -0.578. The van der Waals surface area contributed by atoms with E-state index >= 15 is 0 Å². The molecule has 7 nitrogen and oxygen atoms in total. The normalized spacial score (nSPS) is 20.7. The Bertz CT molecular complexity index is 795. The Hall–Kier alpha value is -2.67.